The number of aromatic nitrogens is 2. The summed E-state index contributed by atoms with van der Waals surface area (Å²) in [6, 6.07) is 0. The zero-order chi connectivity index (χ0) is 17.3. The first-order valence-electron chi connectivity index (χ1n) is 8.05. The van der Waals surface area contributed by atoms with Crippen molar-refractivity contribution < 1.29 is 23.2 Å². The molecule has 0 saturated carbocycles. The fraction of sp³-hybridized carbons (Fsp3) is 0.714. The van der Waals surface area contributed by atoms with Crippen LogP contribution in [0.3, 0.4) is 0 Å². The molecule has 0 aliphatic carbocycles. The van der Waals surface area contributed by atoms with E-state index in [0.29, 0.717) is 12.0 Å². The van der Waals surface area contributed by atoms with Gasteiger partial charge in [0.05, 0.1) is 6.61 Å². The molecule has 0 aromatic carbocycles. The Balaban J connectivity index is 0.00000225. The van der Waals surface area contributed by atoms with Gasteiger partial charge in [-0.15, -0.1) is 0 Å². The average molecular weight is 377 g/mol. The summed E-state index contributed by atoms with van der Waals surface area (Å²) in [6.45, 7) is 2.00. The molecule has 2 aliphatic rings. The summed E-state index contributed by atoms with van der Waals surface area (Å²) in [4.78, 5) is 35.7. The number of phosphoric ester groups is 1. The molecule has 142 valence electrons. The van der Waals surface area contributed by atoms with Gasteiger partial charge >= 0.3 is 13.5 Å². The quantitative estimate of drug-likeness (QED) is 0.511. The molecule has 4 atom stereocenters. The molecule has 0 amide bonds. The van der Waals surface area contributed by atoms with E-state index in [1.54, 1.807) is 0 Å². The summed E-state index contributed by atoms with van der Waals surface area (Å²) in [6.07, 6.45) is 3.40. The molecule has 5 N–H and O–H groups in total. The van der Waals surface area contributed by atoms with Crippen molar-refractivity contribution in [3.8, 4) is 0 Å². The highest BCUT2D eigenvalue weighted by molar-refractivity contribution is 7.47. The van der Waals surface area contributed by atoms with Gasteiger partial charge in [-0.2, -0.15) is 0 Å². The minimum absolute atomic E-state index is 0. The molecule has 2 saturated heterocycles. The van der Waals surface area contributed by atoms with E-state index < -0.39 is 31.9 Å². The zero-order valence-electron chi connectivity index (χ0n) is 14.1. The van der Waals surface area contributed by atoms with Crippen molar-refractivity contribution in [3.05, 3.63) is 32.6 Å². The van der Waals surface area contributed by atoms with E-state index >= 15 is 0 Å². The van der Waals surface area contributed by atoms with E-state index in [-0.39, 0.29) is 24.7 Å². The van der Waals surface area contributed by atoms with Crippen LogP contribution in [0, 0.1) is 0 Å². The lowest BCUT2D eigenvalue weighted by molar-refractivity contribution is -0.0680. The van der Waals surface area contributed by atoms with Crippen LogP contribution in [-0.4, -0.2) is 33.3 Å². The molecule has 1 aromatic rings. The fourth-order valence-corrected chi connectivity index (χ4v) is 3.95. The maximum absolute atomic E-state index is 12.1. The Labute approximate surface area is 144 Å². The maximum atomic E-state index is 12.1. The summed E-state index contributed by atoms with van der Waals surface area (Å²) in [5, 5.41) is 0. The first-order valence-corrected chi connectivity index (χ1v) is 9.54. The van der Waals surface area contributed by atoms with Crippen LogP contribution in [0.2, 0.25) is 0 Å². The average Bonchev–Trinajstić information content (AvgIpc) is 2.91. The van der Waals surface area contributed by atoms with Crippen molar-refractivity contribution >= 4 is 7.82 Å². The largest absolute Gasteiger partial charge is 0.472 e. The first kappa shape index (κ1) is 20.0. The first-order chi connectivity index (χ1) is 11.4. The Morgan fingerprint density at radius 1 is 1.36 bits per heavy atom. The summed E-state index contributed by atoms with van der Waals surface area (Å²) >= 11 is 0. The lowest BCUT2D eigenvalue weighted by Gasteiger charge is -2.26. The third-order valence-electron chi connectivity index (χ3n) is 4.25. The van der Waals surface area contributed by atoms with Gasteiger partial charge < -0.3 is 15.8 Å². The van der Waals surface area contributed by atoms with Crippen LogP contribution >= 0.6 is 7.82 Å². The lowest BCUT2D eigenvalue weighted by Crippen LogP contribution is -2.34. The fourth-order valence-electron chi connectivity index (χ4n) is 2.99. The Hall–Kier alpha value is -1.29. The number of phosphoric acid groups is 1. The molecule has 0 bridgehead atoms. The third-order valence-corrected chi connectivity index (χ3v) is 5.27. The summed E-state index contributed by atoms with van der Waals surface area (Å²) < 4.78 is 28.2. The molecule has 0 spiro atoms. The molecule has 2 fully saturated rings. The number of unbranched alkanes of at least 4 members (excludes halogenated alkanes) is 2. The highest BCUT2D eigenvalue weighted by atomic mass is 31.2. The van der Waals surface area contributed by atoms with Crippen LogP contribution < -0.4 is 17.4 Å². The maximum Gasteiger partial charge on any atom is 0.472 e. The topological polar surface area (TPSA) is 155 Å². The van der Waals surface area contributed by atoms with E-state index in [2.05, 4.69) is 11.9 Å². The van der Waals surface area contributed by atoms with Gasteiger partial charge in [0.1, 0.15) is 18.4 Å². The normalized spacial score (nSPS) is 31.4. The highest BCUT2D eigenvalue weighted by Gasteiger charge is 2.46. The second-order valence-electron chi connectivity index (χ2n) is 6.05. The van der Waals surface area contributed by atoms with Crippen molar-refractivity contribution in [2.75, 3.05) is 6.61 Å². The number of H-pyrrole nitrogens is 1. The molecule has 0 radical (unpaired) electrons. The van der Waals surface area contributed by atoms with Crippen molar-refractivity contribution in [2.45, 2.75) is 57.5 Å². The van der Waals surface area contributed by atoms with Crippen molar-refractivity contribution in [2.24, 2.45) is 0 Å². The number of nitrogens with zero attached hydrogens (tertiary/aromatic N) is 1. The number of nitrogens with one attached hydrogen (secondary N) is 1. The number of aryl methyl sites for hydroxylation is 1. The molecule has 10 nitrogen and oxygen atoms in total. The molecule has 1 unspecified atom stereocenters. The summed E-state index contributed by atoms with van der Waals surface area (Å²) in [5.74, 6) is 0. The van der Waals surface area contributed by atoms with Crippen LogP contribution in [0.15, 0.2) is 15.8 Å². The molecule has 3 rings (SSSR count). The number of hydrogen-bond acceptors (Lipinski definition) is 7. The second-order valence-corrected chi connectivity index (χ2v) is 7.46. The minimum Gasteiger partial charge on any atom is -0.349 e. The number of rotatable bonds is 5. The Morgan fingerprint density at radius 2 is 2.12 bits per heavy atom. The smallest absolute Gasteiger partial charge is 0.349 e. The highest BCUT2D eigenvalue weighted by Crippen LogP contribution is 2.52. The Kier molecular flexibility index (Phi) is 6.36. The van der Waals surface area contributed by atoms with Crippen LogP contribution in [0.5, 0.6) is 0 Å². The summed E-state index contributed by atoms with van der Waals surface area (Å²) in [7, 11) is -4.05. The van der Waals surface area contributed by atoms with Gasteiger partial charge in [-0.1, -0.05) is 19.8 Å². The molecular weight excluding hydrogens is 353 g/mol. The van der Waals surface area contributed by atoms with Crippen LogP contribution in [0.25, 0.3) is 0 Å². The van der Waals surface area contributed by atoms with Gasteiger partial charge in [-0.05, 0) is 12.8 Å². The van der Waals surface area contributed by atoms with Gasteiger partial charge in [-0.3, -0.25) is 23.4 Å². The minimum atomic E-state index is -4.05. The van der Waals surface area contributed by atoms with Crippen molar-refractivity contribution in [3.63, 3.8) is 0 Å². The van der Waals surface area contributed by atoms with Gasteiger partial charge in [-0.25, -0.2) is 9.36 Å². The number of hydrogen-bond donors (Lipinski definition) is 3. The monoisotopic (exact) mass is 377 g/mol. The van der Waals surface area contributed by atoms with Crippen molar-refractivity contribution in [1.82, 2.24) is 15.7 Å². The standard InChI is InChI=1S/C14H21N2O7P.H3N/c1-2-3-4-5-9-7-16(14(18)15-13(9)17)12-6-10-11(22-12)8-21-24(19,20)23-10;/h7,10-12H,2-6,8H2,1H3,(H,19,20)(H,15,17,18);1H3/t10-,11+,12+;/m0./s1. The number of fused-ring (bicyclic) bond motifs is 1. The van der Waals surface area contributed by atoms with Crippen molar-refractivity contribution in [1.29, 1.82) is 0 Å². The van der Waals surface area contributed by atoms with E-state index in [1.807, 2.05) is 0 Å². The van der Waals surface area contributed by atoms with Gasteiger partial charge in [0, 0.05) is 18.2 Å². The second kappa shape index (κ2) is 7.94. The predicted octanol–water partition coefficient (Wildman–Crippen LogP) is 1.23. The lowest BCUT2D eigenvalue weighted by atomic mass is 10.1. The van der Waals surface area contributed by atoms with E-state index in [0.717, 1.165) is 19.3 Å². The number of aromatic amines is 1. The molecule has 25 heavy (non-hydrogen) atoms. The van der Waals surface area contributed by atoms with E-state index in [9.17, 15) is 19.0 Å². The van der Waals surface area contributed by atoms with Crippen LogP contribution in [0.1, 0.15) is 44.4 Å². The molecule has 2 aliphatic heterocycles. The Morgan fingerprint density at radius 3 is 2.84 bits per heavy atom. The van der Waals surface area contributed by atoms with Gasteiger partial charge in [0.25, 0.3) is 5.56 Å². The summed E-state index contributed by atoms with van der Waals surface area (Å²) in [5.41, 5.74) is -0.440. The van der Waals surface area contributed by atoms with E-state index in [4.69, 9.17) is 13.8 Å². The molecular formula is C14H24N3O7P. The van der Waals surface area contributed by atoms with Crippen LogP contribution in [0.4, 0.5) is 0 Å². The third kappa shape index (κ3) is 4.46. The molecule has 3 heterocycles. The SMILES string of the molecule is CCCCCc1cn([C@H]2C[C@@H]3OP(=O)(O)OC[C@H]3O2)c(=O)[nH]c1=O.N. The molecule has 1 aromatic heterocycles. The number of ether oxygens (including phenoxy) is 1. The van der Waals surface area contributed by atoms with E-state index in [1.165, 1.54) is 10.8 Å². The molecule has 11 heteroatoms. The predicted molar refractivity (Wildman–Crippen MR) is 88.8 cm³/mol. The zero-order valence-corrected chi connectivity index (χ0v) is 14.9. The van der Waals surface area contributed by atoms with Crippen LogP contribution in [-0.2, 0) is 24.8 Å². The van der Waals surface area contributed by atoms with Gasteiger partial charge in [0.2, 0.25) is 0 Å². The Bertz CT molecular complexity index is 762. The van der Waals surface area contributed by atoms with Gasteiger partial charge in [0.15, 0.2) is 0 Å².